The van der Waals surface area contributed by atoms with Crippen LogP contribution in [0.4, 0.5) is 5.69 Å². The van der Waals surface area contributed by atoms with Crippen LogP contribution >= 0.6 is 15.9 Å². The lowest BCUT2D eigenvalue weighted by atomic mass is 10.0. The first-order chi connectivity index (χ1) is 15.5. The quantitative estimate of drug-likeness (QED) is 0.371. The van der Waals surface area contributed by atoms with Crippen molar-refractivity contribution in [2.75, 3.05) is 25.5 Å². The summed E-state index contributed by atoms with van der Waals surface area (Å²) < 4.78 is 5.95. The van der Waals surface area contributed by atoms with Gasteiger partial charge in [0.2, 0.25) is 5.91 Å². The number of hydrogen-bond acceptors (Lipinski definition) is 4. The van der Waals surface area contributed by atoms with Gasteiger partial charge in [0, 0.05) is 35.2 Å². The Morgan fingerprint density at radius 1 is 0.938 bits per heavy atom. The number of carbonyl (C=O) groups excluding carboxylic acids is 2. The zero-order valence-corrected chi connectivity index (χ0v) is 19.4. The molecule has 7 heteroatoms. The third-order valence-electron chi connectivity index (χ3n) is 4.83. The molecule has 3 N–H and O–H groups in total. The van der Waals surface area contributed by atoms with E-state index in [0.29, 0.717) is 25.1 Å². The smallest absolute Gasteiger partial charge is 0.251 e. The summed E-state index contributed by atoms with van der Waals surface area (Å²) in [6.07, 6.45) is 0.401. The summed E-state index contributed by atoms with van der Waals surface area (Å²) in [7, 11) is 1.62. The highest BCUT2D eigenvalue weighted by molar-refractivity contribution is 9.10. The van der Waals surface area contributed by atoms with Crippen molar-refractivity contribution >= 4 is 33.4 Å². The summed E-state index contributed by atoms with van der Waals surface area (Å²) in [5.41, 5.74) is 2.40. The Kier molecular flexibility index (Phi) is 8.69. The molecule has 1 atom stereocenters. The Hall–Kier alpha value is -3.32. The first kappa shape index (κ1) is 23.3. The maximum absolute atomic E-state index is 12.9. The number of rotatable bonds is 10. The molecule has 0 saturated heterocycles. The Morgan fingerprint density at radius 2 is 1.69 bits per heavy atom. The fourth-order valence-electron chi connectivity index (χ4n) is 3.15. The van der Waals surface area contributed by atoms with E-state index in [2.05, 4.69) is 31.9 Å². The van der Waals surface area contributed by atoms with Crippen LogP contribution in [-0.2, 0) is 11.2 Å². The lowest BCUT2D eigenvalue weighted by Crippen LogP contribution is -2.48. The largest absolute Gasteiger partial charge is 0.497 e. The van der Waals surface area contributed by atoms with Crippen LogP contribution < -0.4 is 20.7 Å². The van der Waals surface area contributed by atoms with Gasteiger partial charge in [-0.3, -0.25) is 9.59 Å². The van der Waals surface area contributed by atoms with Crippen LogP contribution in [-0.4, -0.2) is 38.1 Å². The van der Waals surface area contributed by atoms with E-state index in [-0.39, 0.29) is 11.8 Å². The molecule has 0 radical (unpaired) electrons. The minimum atomic E-state index is -0.690. The standard InChI is InChI=1S/C25H26BrN3O3/c1-32-22-12-10-21(11-13-22)27-14-15-28-25(31)23(16-18-6-3-2-4-7-18)29-24(30)19-8-5-9-20(26)17-19/h2-13,17,23,27H,14-16H2,1H3,(H,28,31)(H,29,30). The van der Waals surface area contributed by atoms with Crippen LogP contribution in [0.2, 0.25) is 0 Å². The second-order valence-corrected chi connectivity index (χ2v) is 8.09. The van der Waals surface area contributed by atoms with Gasteiger partial charge in [0.1, 0.15) is 11.8 Å². The van der Waals surface area contributed by atoms with E-state index in [0.717, 1.165) is 21.5 Å². The van der Waals surface area contributed by atoms with Crippen molar-refractivity contribution in [3.63, 3.8) is 0 Å². The fraction of sp³-hybridized carbons (Fsp3) is 0.200. The average molecular weight is 496 g/mol. The monoisotopic (exact) mass is 495 g/mol. The Balaban J connectivity index is 1.58. The van der Waals surface area contributed by atoms with Crippen molar-refractivity contribution in [3.8, 4) is 5.75 Å². The molecule has 166 valence electrons. The molecule has 0 heterocycles. The molecular formula is C25H26BrN3O3. The highest BCUT2D eigenvalue weighted by atomic mass is 79.9. The molecule has 3 aromatic carbocycles. The van der Waals surface area contributed by atoms with E-state index in [1.165, 1.54) is 0 Å². The molecule has 0 bridgehead atoms. The highest BCUT2D eigenvalue weighted by Gasteiger charge is 2.21. The van der Waals surface area contributed by atoms with Gasteiger partial charge in [-0.15, -0.1) is 0 Å². The van der Waals surface area contributed by atoms with E-state index < -0.39 is 6.04 Å². The second kappa shape index (κ2) is 11.9. The number of amides is 2. The molecule has 0 aliphatic heterocycles. The molecule has 2 amide bonds. The Bertz CT molecular complexity index is 1030. The lowest BCUT2D eigenvalue weighted by molar-refractivity contribution is -0.122. The Labute approximate surface area is 196 Å². The van der Waals surface area contributed by atoms with Gasteiger partial charge in [0.05, 0.1) is 7.11 Å². The van der Waals surface area contributed by atoms with Gasteiger partial charge in [0.25, 0.3) is 5.91 Å². The number of benzene rings is 3. The van der Waals surface area contributed by atoms with Crippen molar-refractivity contribution in [3.05, 3.63) is 94.5 Å². The zero-order valence-electron chi connectivity index (χ0n) is 17.8. The van der Waals surface area contributed by atoms with E-state index in [1.54, 1.807) is 25.3 Å². The van der Waals surface area contributed by atoms with Crippen LogP contribution in [0.15, 0.2) is 83.3 Å². The topological polar surface area (TPSA) is 79.5 Å². The van der Waals surface area contributed by atoms with Crippen LogP contribution in [0.1, 0.15) is 15.9 Å². The SMILES string of the molecule is COc1ccc(NCCNC(=O)C(Cc2ccccc2)NC(=O)c2cccc(Br)c2)cc1. The van der Waals surface area contributed by atoms with E-state index in [1.807, 2.05) is 60.7 Å². The van der Waals surface area contributed by atoms with Gasteiger partial charge >= 0.3 is 0 Å². The van der Waals surface area contributed by atoms with Crippen molar-refractivity contribution in [1.82, 2.24) is 10.6 Å². The number of anilines is 1. The summed E-state index contributed by atoms with van der Waals surface area (Å²) in [6, 6.07) is 23.6. The van der Waals surface area contributed by atoms with Gasteiger partial charge in [-0.25, -0.2) is 0 Å². The van der Waals surface area contributed by atoms with Crippen molar-refractivity contribution in [2.45, 2.75) is 12.5 Å². The predicted octanol–water partition coefficient (Wildman–Crippen LogP) is 4.03. The summed E-state index contributed by atoms with van der Waals surface area (Å²) in [5.74, 6) is 0.265. The normalized spacial score (nSPS) is 11.3. The van der Waals surface area contributed by atoms with Gasteiger partial charge in [-0.05, 0) is 48.0 Å². The molecule has 0 spiro atoms. The van der Waals surface area contributed by atoms with E-state index in [9.17, 15) is 9.59 Å². The fourth-order valence-corrected chi connectivity index (χ4v) is 3.55. The van der Waals surface area contributed by atoms with Gasteiger partial charge < -0.3 is 20.7 Å². The molecule has 32 heavy (non-hydrogen) atoms. The molecule has 0 fully saturated rings. The van der Waals surface area contributed by atoms with Gasteiger partial charge in [0.15, 0.2) is 0 Å². The first-order valence-electron chi connectivity index (χ1n) is 10.3. The Morgan fingerprint density at radius 3 is 2.38 bits per heavy atom. The molecule has 1 unspecified atom stereocenters. The van der Waals surface area contributed by atoms with Crippen molar-refractivity contribution in [2.24, 2.45) is 0 Å². The molecule has 0 aliphatic carbocycles. The van der Waals surface area contributed by atoms with Crippen LogP contribution in [0.3, 0.4) is 0 Å². The van der Waals surface area contributed by atoms with Crippen molar-refractivity contribution in [1.29, 1.82) is 0 Å². The van der Waals surface area contributed by atoms with Gasteiger partial charge in [-0.1, -0.05) is 52.3 Å². The number of ether oxygens (including phenoxy) is 1. The predicted molar refractivity (Wildman–Crippen MR) is 130 cm³/mol. The number of carbonyl (C=O) groups is 2. The second-order valence-electron chi connectivity index (χ2n) is 7.17. The third kappa shape index (κ3) is 7.13. The molecule has 6 nitrogen and oxygen atoms in total. The first-order valence-corrected chi connectivity index (χ1v) is 11.1. The van der Waals surface area contributed by atoms with E-state index >= 15 is 0 Å². The molecule has 3 rings (SSSR count). The summed E-state index contributed by atoms with van der Waals surface area (Å²) >= 11 is 3.38. The number of halogens is 1. The maximum Gasteiger partial charge on any atom is 0.251 e. The molecule has 0 aromatic heterocycles. The van der Waals surface area contributed by atoms with Crippen LogP contribution in [0, 0.1) is 0 Å². The van der Waals surface area contributed by atoms with Crippen LogP contribution in [0.5, 0.6) is 5.75 Å². The van der Waals surface area contributed by atoms with Gasteiger partial charge in [-0.2, -0.15) is 0 Å². The maximum atomic E-state index is 12.9. The van der Waals surface area contributed by atoms with E-state index in [4.69, 9.17) is 4.74 Å². The molecule has 3 aromatic rings. The average Bonchev–Trinajstić information content (AvgIpc) is 2.82. The molecular weight excluding hydrogens is 470 g/mol. The molecule has 0 saturated carbocycles. The number of nitrogens with one attached hydrogen (secondary N) is 3. The van der Waals surface area contributed by atoms with Crippen molar-refractivity contribution < 1.29 is 14.3 Å². The summed E-state index contributed by atoms with van der Waals surface area (Å²) in [6.45, 7) is 0.971. The summed E-state index contributed by atoms with van der Waals surface area (Å²) in [5, 5.41) is 9.04. The lowest BCUT2D eigenvalue weighted by Gasteiger charge is -2.19. The minimum Gasteiger partial charge on any atom is -0.497 e. The third-order valence-corrected chi connectivity index (χ3v) is 5.33. The highest BCUT2D eigenvalue weighted by Crippen LogP contribution is 2.15. The minimum absolute atomic E-state index is 0.228. The number of hydrogen-bond donors (Lipinski definition) is 3. The van der Waals surface area contributed by atoms with Crippen LogP contribution in [0.25, 0.3) is 0 Å². The number of methoxy groups -OCH3 is 1. The summed E-state index contributed by atoms with van der Waals surface area (Å²) in [4.78, 5) is 25.6. The zero-order chi connectivity index (χ0) is 22.8. The molecule has 0 aliphatic rings.